The van der Waals surface area contributed by atoms with E-state index in [1.807, 2.05) is 24.3 Å². The molecule has 1 aromatic carbocycles. The number of hydrogen-bond donors (Lipinski definition) is 2. The molecule has 2 aromatic rings. The van der Waals surface area contributed by atoms with Crippen molar-refractivity contribution in [2.45, 2.75) is 38.1 Å². The van der Waals surface area contributed by atoms with Crippen LogP contribution in [0.15, 0.2) is 35.1 Å². The van der Waals surface area contributed by atoms with Crippen LogP contribution in [0.5, 0.6) is 0 Å². The maximum absolute atomic E-state index is 12.5. The molecule has 0 saturated heterocycles. The lowest BCUT2D eigenvalue weighted by atomic mass is 9.54. The maximum Gasteiger partial charge on any atom is 0.319 e. The summed E-state index contributed by atoms with van der Waals surface area (Å²) < 4.78 is 5.21. The summed E-state index contributed by atoms with van der Waals surface area (Å²) in [5.74, 6) is 3.62. The molecule has 0 aliphatic heterocycles. The van der Waals surface area contributed by atoms with Gasteiger partial charge in [-0.25, -0.2) is 4.79 Å². The van der Waals surface area contributed by atoms with Gasteiger partial charge in [0.2, 0.25) is 12.3 Å². The van der Waals surface area contributed by atoms with Crippen LogP contribution in [0, 0.1) is 23.7 Å². The van der Waals surface area contributed by atoms with Gasteiger partial charge >= 0.3 is 6.03 Å². The largest absolute Gasteiger partial charge is 0.423 e. The summed E-state index contributed by atoms with van der Waals surface area (Å²) in [5.41, 5.74) is 1.53. The fourth-order valence-electron chi connectivity index (χ4n) is 5.51. The minimum Gasteiger partial charge on any atom is -0.423 e. The zero-order chi connectivity index (χ0) is 16.8. The Labute approximate surface area is 146 Å². The first kappa shape index (κ1) is 14.9. The summed E-state index contributed by atoms with van der Waals surface area (Å²) in [6, 6.07) is 7.71. The Kier molecular flexibility index (Phi) is 3.50. The van der Waals surface area contributed by atoms with E-state index in [0.717, 1.165) is 23.1 Å². The Hall–Kier alpha value is -2.37. The number of urea groups is 1. The second kappa shape index (κ2) is 5.86. The summed E-state index contributed by atoms with van der Waals surface area (Å²) in [4.78, 5) is 12.5. The molecule has 130 valence electrons. The standard InChI is InChI=1S/C19H22N4O2/c24-19(21-16-3-1-2-13(9-16)18-23-20-10-25-18)22-17-14-5-11-4-12(7-14)8-15(17)6-11/h1-3,9-12,14-15,17H,4-8H2,(H2,21,22,24). The van der Waals surface area contributed by atoms with Crippen LogP contribution >= 0.6 is 0 Å². The maximum atomic E-state index is 12.5. The molecule has 4 fully saturated rings. The summed E-state index contributed by atoms with van der Waals surface area (Å²) in [7, 11) is 0. The Balaban J connectivity index is 1.26. The quantitative estimate of drug-likeness (QED) is 0.894. The number of rotatable bonds is 3. The molecule has 6 heteroatoms. The number of nitrogens with one attached hydrogen (secondary N) is 2. The number of hydrogen-bond acceptors (Lipinski definition) is 4. The molecule has 1 aromatic heterocycles. The molecule has 2 N–H and O–H groups in total. The van der Waals surface area contributed by atoms with E-state index in [-0.39, 0.29) is 6.03 Å². The average Bonchev–Trinajstić information content (AvgIpc) is 3.12. The van der Waals surface area contributed by atoms with Gasteiger partial charge in [-0.15, -0.1) is 10.2 Å². The normalized spacial score (nSPS) is 32.6. The van der Waals surface area contributed by atoms with E-state index in [1.54, 1.807) is 0 Å². The van der Waals surface area contributed by atoms with Gasteiger partial charge in [-0.2, -0.15) is 0 Å². The van der Waals surface area contributed by atoms with Crippen molar-refractivity contribution in [1.82, 2.24) is 15.5 Å². The fraction of sp³-hybridized carbons (Fsp3) is 0.526. The number of carbonyl (C=O) groups excluding carboxylic acids is 1. The van der Waals surface area contributed by atoms with Gasteiger partial charge in [0.1, 0.15) is 0 Å². The van der Waals surface area contributed by atoms with Gasteiger partial charge in [0.25, 0.3) is 0 Å². The third kappa shape index (κ3) is 2.79. The Morgan fingerprint density at radius 2 is 1.84 bits per heavy atom. The first-order valence-corrected chi connectivity index (χ1v) is 9.18. The van der Waals surface area contributed by atoms with Crippen LogP contribution < -0.4 is 10.6 Å². The fourth-order valence-corrected chi connectivity index (χ4v) is 5.51. The van der Waals surface area contributed by atoms with Crippen molar-refractivity contribution >= 4 is 11.7 Å². The van der Waals surface area contributed by atoms with Crippen molar-refractivity contribution in [1.29, 1.82) is 0 Å². The third-order valence-corrected chi connectivity index (χ3v) is 6.25. The number of carbonyl (C=O) groups is 1. The van der Waals surface area contributed by atoms with E-state index in [1.165, 1.54) is 38.5 Å². The highest BCUT2D eigenvalue weighted by atomic mass is 16.4. The van der Waals surface area contributed by atoms with Gasteiger partial charge in [0, 0.05) is 17.3 Å². The molecule has 25 heavy (non-hydrogen) atoms. The van der Waals surface area contributed by atoms with Crippen molar-refractivity contribution in [2.24, 2.45) is 23.7 Å². The van der Waals surface area contributed by atoms with Crippen LogP contribution in [0.1, 0.15) is 32.1 Å². The molecule has 6 nitrogen and oxygen atoms in total. The molecule has 0 unspecified atom stereocenters. The van der Waals surface area contributed by atoms with Gasteiger partial charge in [-0.1, -0.05) is 6.07 Å². The van der Waals surface area contributed by atoms with E-state index in [4.69, 9.17) is 4.42 Å². The predicted molar refractivity (Wildman–Crippen MR) is 92.7 cm³/mol. The first-order chi connectivity index (χ1) is 12.2. The minimum atomic E-state index is -0.111. The SMILES string of the molecule is O=C(Nc1cccc(-c2nnco2)c1)NC1C2CC3CC(C2)CC1C3. The van der Waals surface area contributed by atoms with Crippen LogP contribution in [0.2, 0.25) is 0 Å². The zero-order valence-corrected chi connectivity index (χ0v) is 14.0. The molecule has 4 aliphatic carbocycles. The highest BCUT2D eigenvalue weighted by molar-refractivity contribution is 5.90. The highest BCUT2D eigenvalue weighted by Gasteiger charge is 2.48. The number of amides is 2. The molecule has 2 amide bonds. The lowest BCUT2D eigenvalue weighted by molar-refractivity contribution is -0.00883. The van der Waals surface area contributed by atoms with E-state index in [0.29, 0.717) is 23.8 Å². The smallest absolute Gasteiger partial charge is 0.319 e. The Bertz CT molecular complexity index is 745. The average molecular weight is 338 g/mol. The molecule has 1 heterocycles. The molecule has 6 rings (SSSR count). The summed E-state index contributed by atoms with van der Waals surface area (Å²) >= 11 is 0. The van der Waals surface area contributed by atoms with Gasteiger partial charge in [0.15, 0.2) is 0 Å². The molecule has 4 bridgehead atoms. The zero-order valence-electron chi connectivity index (χ0n) is 14.0. The monoisotopic (exact) mass is 338 g/mol. The summed E-state index contributed by atoms with van der Waals surface area (Å²) in [6.45, 7) is 0. The molecule has 4 saturated carbocycles. The van der Waals surface area contributed by atoms with Crippen LogP contribution in [0.25, 0.3) is 11.5 Å². The number of benzene rings is 1. The number of nitrogens with zero attached hydrogens (tertiary/aromatic N) is 2. The lowest BCUT2D eigenvalue weighted by Gasteiger charge is -2.54. The second-order valence-electron chi connectivity index (χ2n) is 7.88. The van der Waals surface area contributed by atoms with Crippen LogP contribution in [0.3, 0.4) is 0 Å². The first-order valence-electron chi connectivity index (χ1n) is 9.18. The van der Waals surface area contributed by atoms with Gasteiger partial charge < -0.3 is 15.1 Å². The Morgan fingerprint density at radius 1 is 1.08 bits per heavy atom. The second-order valence-corrected chi connectivity index (χ2v) is 7.88. The minimum absolute atomic E-state index is 0.111. The van der Waals surface area contributed by atoms with E-state index in [9.17, 15) is 4.79 Å². The van der Waals surface area contributed by atoms with E-state index in [2.05, 4.69) is 20.8 Å². The van der Waals surface area contributed by atoms with Crippen molar-refractivity contribution in [3.63, 3.8) is 0 Å². The topological polar surface area (TPSA) is 80.1 Å². The molecule has 0 atom stereocenters. The summed E-state index contributed by atoms with van der Waals surface area (Å²) in [5, 5.41) is 13.8. The third-order valence-electron chi connectivity index (χ3n) is 6.25. The van der Waals surface area contributed by atoms with Crippen LogP contribution in [-0.2, 0) is 0 Å². The molecular formula is C19H22N4O2. The van der Waals surface area contributed by atoms with Crippen LogP contribution in [0.4, 0.5) is 10.5 Å². The predicted octanol–water partition coefficient (Wildman–Crippen LogP) is 3.68. The number of anilines is 1. The van der Waals surface area contributed by atoms with Gasteiger partial charge in [-0.3, -0.25) is 0 Å². The van der Waals surface area contributed by atoms with Gasteiger partial charge in [0.05, 0.1) is 0 Å². The highest BCUT2D eigenvalue weighted by Crippen LogP contribution is 2.53. The van der Waals surface area contributed by atoms with E-state index < -0.39 is 0 Å². The Morgan fingerprint density at radius 3 is 2.52 bits per heavy atom. The van der Waals surface area contributed by atoms with E-state index >= 15 is 0 Å². The number of aromatic nitrogens is 2. The lowest BCUT2D eigenvalue weighted by Crippen LogP contribution is -2.56. The van der Waals surface area contributed by atoms with Crippen molar-refractivity contribution < 1.29 is 9.21 Å². The van der Waals surface area contributed by atoms with Crippen LogP contribution in [-0.4, -0.2) is 22.3 Å². The van der Waals surface area contributed by atoms with Crippen molar-refractivity contribution in [2.75, 3.05) is 5.32 Å². The molecule has 4 aliphatic rings. The van der Waals surface area contributed by atoms with Gasteiger partial charge in [-0.05, 0) is 74.0 Å². The molecular weight excluding hydrogens is 316 g/mol. The van der Waals surface area contributed by atoms with Crippen molar-refractivity contribution in [3.8, 4) is 11.5 Å². The van der Waals surface area contributed by atoms with Crippen molar-refractivity contribution in [3.05, 3.63) is 30.7 Å². The molecule has 0 radical (unpaired) electrons. The summed E-state index contributed by atoms with van der Waals surface area (Å²) in [6.07, 6.45) is 7.91. The molecule has 0 spiro atoms.